The Morgan fingerprint density at radius 1 is 1.18 bits per heavy atom. The molecule has 0 radical (unpaired) electrons. The van der Waals surface area contributed by atoms with Crippen LogP contribution in [0, 0.1) is 24.1 Å². The molecule has 5 rings (SSSR count). The summed E-state index contributed by atoms with van der Waals surface area (Å²) >= 11 is 6.47. The lowest BCUT2D eigenvalue weighted by Crippen LogP contribution is -2.42. The summed E-state index contributed by atoms with van der Waals surface area (Å²) in [6.07, 6.45) is 4.47. The molecular weight excluding hydrogens is 513 g/mol. The van der Waals surface area contributed by atoms with Crippen LogP contribution < -0.4 is 22.4 Å². The van der Waals surface area contributed by atoms with Crippen LogP contribution in [0.1, 0.15) is 16.7 Å². The van der Waals surface area contributed by atoms with Crippen LogP contribution in [0.4, 0.5) is 21.7 Å². The molecule has 11 nitrogen and oxygen atoms in total. The number of benzene rings is 2. The number of fused-ring (bicyclic) bond motifs is 1. The monoisotopic (exact) mass is 531 g/mol. The Labute approximate surface area is 219 Å². The lowest BCUT2D eigenvalue weighted by Gasteiger charge is -2.17. The second-order valence-corrected chi connectivity index (χ2v) is 8.99. The number of aryl methyl sites for hydroxylation is 2. The van der Waals surface area contributed by atoms with Crippen LogP contribution in [-0.4, -0.2) is 28.9 Å². The van der Waals surface area contributed by atoms with E-state index in [2.05, 4.69) is 20.4 Å². The second-order valence-electron chi connectivity index (χ2n) is 8.59. The van der Waals surface area contributed by atoms with Crippen LogP contribution in [0.15, 0.2) is 58.5 Å². The highest BCUT2D eigenvalue weighted by Gasteiger charge is 2.19. The zero-order valence-electron chi connectivity index (χ0n) is 20.1. The molecule has 3 N–H and O–H groups in total. The van der Waals surface area contributed by atoms with Crippen LogP contribution in [0.2, 0.25) is 5.02 Å². The van der Waals surface area contributed by atoms with E-state index >= 15 is 0 Å². The number of hydrogen-bond donors (Lipinski definition) is 2. The average Bonchev–Trinajstić information content (AvgIpc) is 3.21. The molecule has 3 heterocycles. The van der Waals surface area contributed by atoms with Crippen molar-refractivity contribution in [1.82, 2.24) is 28.9 Å². The van der Waals surface area contributed by atoms with Crippen molar-refractivity contribution >= 4 is 39.8 Å². The quantitative estimate of drug-likeness (QED) is 0.351. The van der Waals surface area contributed by atoms with Crippen molar-refractivity contribution in [2.45, 2.75) is 13.5 Å². The Bertz CT molecular complexity index is 1900. The molecule has 0 aliphatic rings. The van der Waals surface area contributed by atoms with E-state index in [-0.39, 0.29) is 34.5 Å². The van der Waals surface area contributed by atoms with Gasteiger partial charge in [0.15, 0.2) is 0 Å². The number of nitriles is 1. The zero-order valence-corrected chi connectivity index (χ0v) is 20.9. The lowest BCUT2D eigenvalue weighted by molar-refractivity contribution is 0.617. The van der Waals surface area contributed by atoms with Gasteiger partial charge in [0.25, 0.3) is 0 Å². The van der Waals surface area contributed by atoms with Crippen LogP contribution in [0.3, 0.4) is 0 Å². The number of nitrogens with one attached hydrogen (secondary N) is 1. The van der Waals surface area contributed by atoms with Gasteiger partial charge in [0.2, 0.25) is 5.95 Å². The Balaban J connectivity index is 1.71. The predicted octanol–water partition coefficient (Wildman–Crippen LogP) is 3.02. The third kappa shape index (κ3) is 4.46. The van der Waals surface area contributed by atoms with E-state index < -0.39 is 17.2 Å². The summed E-state index contributed by atoms with van der Waals surface area (Å²) in [4.78, 5) is 34.9. The second kappa shape index (κ2) is 9.45. The van der Waals surface area contributed by atoms with Crippen LogP contribution >= 0.6 is 11.6 Å². The number of anilines is 3. The van der Waals surface area contributed by atoms with Gasteiger partial charge in [-0.15, -0.1) is 0 Å². The van der Waals surface area contributed by atoms with E-state index in [0.29, 0.717) is 22.3 Å². The third-order valence-electron chi connectivity index (χ3n) is 5.90. The van der Waals surface area contributed by atoms with Crippen molar-refractivity contribution < 1.29 is 4.39 Å². The first-order valence-corrected chi connectivity index (χ1v) is 11.6. The summed E-state index contributed by atoms with van der Waals surface area (Å²) < 4.78 is 17.8. The fourth-order valence-electron chi connectivity index (χ4n) is 4.05. The molecule has 0 fully saturated rings. The van der Waals surface area contributed by atoms with Crippen LogP contribution in [0.25, 0.3) is 16.6 Å². The van der Waals surface area contributed by atoms with E-state index in [1.165, 1.54) is 35.2 Å². The highest BCUT2D eigenvalue weighted by atomic mass is 35.5. The van der Waals surface area contributed by atoms with E-state index in [0.717, 1.165) is 9.95 Å². The average molecular weight is 532 g/mol. The van der Waals surface area contributed by atoms with Gasteiger partial charge in [0.1, 0.15) is 11.9 Å². The predicted molar refractivity (Wildman–Crippen MR) is 140 cm³/mol. The van der Waals surface area contributed by atoms with E-state index in [9.17, 15) is 19.2 Å². The normalized spacial score (nSPS) is 11.0. The summed E-state index contributed by atoms with van der Waals surface area (Å²) in [6.45, 7) is 1.51. The number of rotatable bonds is 5. The molecular formula is C25H19ClFN9O2. The van der Waals surface area contributed by atoms with Crippen molar-refractivity contribution in [2.75, 3.05) is 11.1 Å². The molecule has 0 amide bonds. The van der Waals surface area contributed by atoms with Gasteiger partial charge >= 0.3 is 11.4 Å². The molecule has 2 aromatic carbocycles. The van der Waals surface area contributed by atoms with Gasteiger partial charge in [-0.25, -0.2) is 18.5 Å². The van der Waals surface area contributed by atoms with Crippen molar-refractivity contribution in [3.8, 4) is 11.8 Å². The molecule has 0 aliphatic heterocycles. The molecule has 0 aliphatic carbocycles. The minimum atomic E-state index is -0.881. The highest BCUT2D eigenvalue weighted by Crippen LogP contribution is 2.29. The van der Waals surface area contributed by atoms with Gasteiger partial charge in [0, 0.05) is 24.8 Å². The van der Waals surface area contributed by atoms with E-state index in [1.54, 1.807) is 43.1 Å². The number of nitrogens with two attached hydrogens (primary N) is 1. The molecule has 38 heavy (non-hydrogen) atoms. The fourth-order valence-corrected chi connectivity index (χ4v) is 4.26. The van der Waals surface area contributed by atoms with Crippen molar-refractivity contribution in [3.63, 3.8) is 0 Å². The topological polar surface area (TPSA) is 149 Å². The first kappa shape index (κ1) is 24.7. The van der Waals surface area contributed by atoms with Gasteiger partial charge in [-0.3, -0.25) is 14.2 Å². The van der Waals surface area contributed by atoms with E-state index in [4.69, 9.17) is 17.3 Å². The maximum atomic E-state index is 14.2. The summed E-state index contributed by atoms with van der Waals surface area (Å²) in [5.74, 6) is -0.787. The van der Waals surface area contributed by atoms with Gasteiger partial charge in [-0.05, 0) is 48.4 Å². The summed E-state index contributed by atoms with van der Waals surface area (Å²) in [6, 6.07) is 9.14. The van der Waals surface area contributed by atoms with Crippen LogP contribution in [-0.2, 0) is 13.6 Å². The standard InChI is InChI=1S/C25H19ClFN9O2/c1-13-3-20(27)14(8-28)4-15(13)12-35-23(31-22-5-16-11-34(2)33-21(16)7-19(22)26)32-24(37)36(25(35)38)18-6-17(29)9-30-10-18/h3-7,9-11H,12,29H2,1-2H3,(H,31,32,37). The molecule has 0 unspecified atom stereocenters. The molecule has 13 heteroatoms. The Morgan fingerprint density at radius 3 is 2.71 bits per heavy atom. The highest BCUT2D eigenvalue weighted by molar-refractivity contribution is 6.34. The number of nitrogens with zero attached hydrogens (tertiary/aromatic N) is 7. The summed E-state index contributed by atoms with van der Waals surface area (Å²) in [5.41, 5.74) is 6.36. The fraction of sp³-hybridized carbons (Fsp3) is 0.120. The van der Waals surface area contributed by atoms with Gasteiger partial charge in [-0.2, -0.15) is 15.3 Å². The maximum absolute atomic E-state index is 14.2. The number of hydrogen-bond acceptors (Lipinski definition) is 8. The molecule has 3 aromatic heterocycles. The number of halogens is 2. The number of pyridine rings is 1. The zero-order chi connectivity index (χ0) is 27.1. The number of aromatic nitrogens is 6. The van der Waals surface area contributed by atoms with Crippen molar-refractivity contribution in [2.24, 2.45) is 7.05 Å². The molecule has 0 saturated carbocycles. The van der Waals surface area contributed by atoms with E-state index in [1.807, 2.05) is 0 Å². The first-order chi connectivity index (χ1) is 18.1. The molecule has 0 bridgehead atoms. The summed E-state index contributed by atoms with van der Waals surface area (Å²) in [7, 11) is 1.77. The summed E-state index contributed by atoms with van der Waals surface area (Å²) in [5, 5.41) is 17.7. The van der Waals surface area contributed by atoms with Crippen molar-refractivity contribution in [1.29, 1.82) is 5.26 Å². The van der Waals surface area contributed by atoms with Crippen molar-refractivity contribution in [3.05, 3.63) is 97.4 Å². The third-order valence-corrected chi connectivity index (χ3v) is 6.22. The van der Waals surface area contributed by atoms with Gasteiger partial charge in [-0.1, -0.05) is 11.6 Å². The lowest BCUT2D eigenvalue weighted by atomic mass is 10.0. The maximum Gasteiger partial charge on any atom is 0.359 e. The molecule has 5 aromatic rings. The molecule has 0 spiro atoms. The number of nitrogen functional groups attached to an aromatic ring is 1. The van der Waals surface area contributed by atoms with Gasteiger partial charge in [0.05, 0.1) is 45.9 Å². The largest absolute Gasteiger partial charge is 0.397 e. The minimum absolute atomic E-state index is 0.111. The molecule has 0 atom stereocenters. The Morgan fingerprint density at radius 2 is 1.97 bits per heavy atom. The Kier molecular flexibility index (Phi) is 6.14. The Hall–Kier alpha value is -5.02. The first-order valence-electron chi connectivity index (χ1n) is 11.2. The SMILES string of the molecule is Cc1cc(F)c(C#N)cc1Cn1c(Nc2cc3cn(C)nc3cc2Cl)nc(=O)n(-c2cncc(N)c2)c1=O. The molecule has 190 valence electrons. The minimum Gasteiger partial charge on any atom is -0.397 e. The van der Waals surface area contributed by atoms with Crippen LogP contribution in [0.5, 0.6) is 0 Å². The van der Waals surface area contributed by atoms with Gasteiger partial charge < -0.3 is 11.1 Å². The smallest absolute Gasteiger partial charge is 0.359 e. The molecule has 0 saturated heterocycles.